The number of ketones is 2. The number of hydrogen-bond donors (Lipinski definition) is 1. The van der Waals surface area contributed by atoms with E-state index in [1.807, 2.05) is 0 Å². The summed E-state index contributed by atoms with van der Waals surface area (Å²) < 4.78 is 14.0. The van der Waals surface area contributed by atoms with Crippen LogP contribution in [0.15, 0.2) is 38.9 Å². The first-order valence-corrected chi connectivity index (χ1v) is 9.61. The van der Waals surface area contributed by atoms with E-state index >= 15 is 0 Å². The van der Waals surface area contributed by atoms with Crippen LogP contribution in [-0.2, 0) is 9.59 Å². The molecule has 1 aromatic carbocycles. The van der Waals surface area contributed by atoms with E-state index in [0.29, 0.717) is 28.1 Å². The van der Waals surface area contributed by atoms with E-state index in [-0.39, 0.29) is 29.8 Å². The Labute approximate surface area is 151 Å². The number of nitrogens with zero attached hydrogens (tertiary/aromatic N) is 1. The summed E-state index contributed by atoms with van der Waals surface area (Å²) in [6.07, 6.45) is 0. The average molecular weight is 409 g/mol. The highest BCUT2D eigenvalue weighted by Crippen LogP contribution is 2.43. The third kappa shape index (κ3) is 2.59. The number of piperidine rings is 1. The van der Waals surface area contributed by atoms with Crippen molar-refractivity contribution in [2.75, 3.05) is 24.6 Å². The Balaban J connectivity index is 1.91. The number of carbonyl (C=O) groups excluding carboxylic acids is 2. The van der Waals surface area contributed by atoms with Gasteiger partial charge < -0.3 is 5.32 Å². The van der Waals surface area contributed by atoms with E-state index < -0.39 is 5.92 Å². The Morgan fingerprint density at radius 3 is 2.83 bits per heavy atom. The van der Waals surface area contributed by atoms with E-state index in [1.165, 1.54) is 6.07 Å². The van der Waals surface area contributed by atoms with Crippen LogP contribution in [0.25, 0.3) is 0 Å². The summed E-state index contributed by atoms with van der Waals surface area (Å²) in [4.78, 5) is 29.8. The van der Waals surface area contributed by atoms with E-state index in [9.17, 15) is 14.0 Å². The van der Waals surface area contributed by atoms with Gasteiger partial charge in [-0.15, -0.1) is 11.8 Å². The Hall–Kier alpha value is -1.31. The standard InChI is InChI=1S/C17H14BrFN2O2S/c18-9-3-8(1-2-10(9)19)15-16-11(4-20-5-13(16)22)21-12-6-24-7-14(23)17(12)15/h1-3,15-16,20H,4-7H2. The average Bonchev–Trinajstić information content (AvgIpc) is 2.56. The van der Waals surface area contributed by atoms with Gasteiger partial charge in [0.2, 0.25) is 0 Å². The Morgan fingerprint density at radius 1 is 1.21 bits per heavy atom. The lowest BCUT2D eigenvalue weighted by atomic mass is 9.71. The van der Waals surface area contributed by atoms with Crippen LogP contribution in [0.1, 0.15) is 11.5 Å². The summed E-state index contributed by atoms with van der Waals surface area (Å²) >= 11 is 4.75. The molecule has 3 aliphatic heterocycles. The van der Waals surface area contributed by atoms with Crippen LogP contribution in [0, 0.1) is 11.7 Å². The van der Waals surface area contributed by atoms with Crippen LogP contribution < -0.4 is 5.32 Å². The van der Waals surface area contributed by atoms with Gasteiger partial charge in [0.1, 0.15) is 5.82 Å². The Kier molecular flexibility index (Phi) is 4.18. The molecule has 2 atom stereocenters. The predicted molar refractivity (Wildman–Crippen MR) is 95.0 cm³/mol. The smallest absolute Gasteiger partial charge is 0.171 e. The van der Waals surface area contributed by atoms with Crippen molar-refractivity contribution in [3.63, 3.8) is 0 Å². The number of carbonyl (C=O) groups is 2. The molecule has 0 amide bonds. The van der Waals surface area contributed by atoms with Crippen molar-refractivity contribution in [1.82, 2.24) is 5.32 Å². The van der Waals surface area contributed by atoms with Gasteiger partial charge in [-0.2, -0.15) is 0 Å². The van der Waals surface area contributed by atoms with Crippen LogP contribution in [0.3, 0.4) is 0 Å². The number of hydrogen-bond acceptors (Lipinski definition) is 5. The van der Waals surface area contributed by atoms with E-state index in [0.717, 1.165) is 17.0 Å². The van der Waals surface area contributed by atoms with Gasteiger partial charge in [-0.05, 0) is 33.6 Å². The maximum absolute atomic E-state index is 13.7. The van der Waals surface area contributed by atoms with Crippen LogP contribution in [0.2, 0.25) is 0 Å². The number of thioether (sulfide) groups is 1. The van der Waals surface area contributed by atoms with Gasteiger partial charge in [0.25, 0.3) is 0 Å². The summed E-state index contributed by atoms with van der Waals surface area (Å²) in [5.74, 6) is -0.0306. The zero-order valence-corrected chi connectivity index (χ0v) is 15.0. The predicted octanol–water partition coefficient (Wildman–Crippen LogP) is 2.48. The molecule has 0 aliphatic carbocycles. The number of allylic oxidation sites excluding steroid dienone is 1. The Bertz CT molecular complexity index is 821. The number of rotatable bonds is 1. The molecule has 1 aromatic rings. The maximum Gasteiger partial charge on any atom is 0.171 e. The summed E-state index contributed by atoms with van der Waals surface area (Å²) in [5, 5.41) is 3.07. The van der Waals surface area contributed by atoms with Crippen molar-refractivity contribution < 1.29 is 14.0 Å². The molecule has 2 unspecified atom stereocenters. The van der Waals surface area contributed by atoms with E-state index in [2.05, 4.69) is 26.2 Å². The van der Waals surface area contributed by atoms with Crippen LogP contribution in [-0.4, -0.2) is 41.9 Å². The zero-order chi connectivity index (χ0) is 16.8. The molecule has 124 valence electrons. The molecule has 7 heteroatoms. The van der Waals surface area contributed by atoms with Gasteiger partial charge in [-0.3, -0.25) is 14.6 Å². The van der Waals surface area contributed by atoms with Crippen molar-refractivity contribution in [2.24, 2.45) is 10.9 Å². The third-order valence-electron chi connectivity index (χ3n) is 4.62. The number of Topliss-reactive ketones (excluding diaryl/α,β-unsaturated/α-hetero) is 2. The lowest BCUT2D eigenvalue weighted by molar-refractivity contribution is -0.121. The SMILES string of the molecule is O=C1CSCC2=C1C(c1ccc(F)c(Br)c1)C1C(=O)CNCC1=N2. The largest absolute Gasteiger partial charge is 0.305 e. The Morgan fingerprint density at radius 2 is 2.04 bits per heavy atom. The van der Waals surface area contributed by atoms with Crippen LogP contribution in [0.4, 0.5) is 4.39 Å². The molecule has 24 heavy (non-hydrogen) atoms. The second kappa shape index (κ2) is 6.20. The molecule has 1 saturated heterocycles. The monoisotopic (exact) mass is 408 g/mol. The summed E-state index contributed by atoms with van der Waals surface area (Å²) in [7, 11) is 0. The molecular formula is C17H14BrFN2O2S. The molecule has 0 spiro atoms. The first kappa shape index (κ1) is 16.2. The molecule has 4 rings (SSSR count). The van der Waals surface area contributed by atoms with Gasteiger partial charge in [0.15, 0.2) is 11.6 Å². The lowest BCUT2D eigenvalue weighted by Gasteiger charge is -2.37. The molecule has 0 bridgehead atoms. The normalized spacial score (nSPS) is 26.8. The van der Waals surface area contributed by atoms with Crippen molar-refractivity contribution in [3.05, 3.63) is 45.3 Å². The molecule has 0 aromatic heterocycles. The second-order valence-corrected chi connectivity index (χ2v) is 7.92. The first-order valence-electron chi connectivity index (χ1n) is 7.66. The molecule has 3 aliphatic rings. The highest BCUT2D eigenvalue weighted by Gasteiger charge is 2.44. The number of benzene rings is 1. The minimum Gasteiger partial charge on any atom is -0.305 e. The highest BCUT2D eigenvalue weighted by molar-refractivity contribution is 9.10. The minimum absolute atomic E-state index is 0.0285. The first-order chi connectivity index (χ1) is 11.6. The maximum atomic E-state index is 13.7. The number of halogens is 2. The van der Waals surface area contributed by atoms with Crippen molar-refractivity contribution in [2.45, 2.75) is 5.92 Å². The van der Waals surface area contributed by atoms with Gasteiger partial charge >= 0.3 is 0 Å². The van der Waals surface area contributed by atoms with Crippen molar-refractivity contribution in [3.8, 4) is 0 Å². The van der Waals surface area contributed by atoms with Gasteiger partial charge in [0.05, 0.1) is 28.4 Å². The van der Waals surface area contributed by atoms with Gasteiger partial charge in [-0.25, -0.2) is 4.39 Å². The van der Waals surface area contributed by atoms with Crippen molar-refractivity contribution >= 4 is 45.0 Å². The zero-order valence-electron chi connectivity index (χ0n) is 12.6. The minimum atomic E-state index is -0.436. The lowest BCUT2D eigenvalue weighted by Crippen LogP contribution is -2.49. The molecule has 4 nitrogen and oxygen atoms in total. The van der Waals surface area contributed by atoms with E-state index in [4.69, 9.17) is 0 Å². The quantitative estimate of drug-likeness (QED) is 0.775. The van der Waals surface area contributed by atoms with Crippen LogP contribution >= 0.6 is 27.7 Å². The van der Waals surface area contributed by atoms with E-state index in [1.54, 1.807) is 23.9 Å². The third-order valence-corrected chi connectivity index (χ3v) is 6.17. The fraction of sp³-hybridized carbons (Fsp3) is 0.353. The fourth-order valence-corrected chi connectivity index (χ4v) is 4.87. The second-order valence-electron chi connectivity index (χ2n) is 6.08. The summed E-state index contributed by atoms with van der Waals surface area (Å²) in [6.45, 7) is 0.818. The molecule has 3 heterocycles. The molecule has 1 N–H and O–H groups in total. The number of aliphatic imine (C=N–C) groups is 1. The highest BCUT2D eigenvalue weighted by atomic mass is 79.9. The number of nitrogens with one attached hydrogen (secondary N) is 1. The van der Waals surface area contributed by atoms with Gasteiger partial charge in [-0.1, -0.05) is 6.07 Å². The summed E-state index contributed by atoms with van der Waals surface area (Å²) in [6, 6.07) is 4.72. The topological polar surface area (TPSA) is 58.5 Å². The van der Waals surface area contributed by atoms with Crippen molar-refractivity contribution in [1.29, 1.82) is 0 Å². The van der Waals surface area contributed by atoms with Gasteiger partial charge in [0, 0.05) is 29.5 Å². The molecule has 0 saturated carbocycles. The molecule has 1 fully saturated rings. The molecular weight excluding hydrogens is 395 g/mol. The fourth-order valence-electron chi connectivity index (χ4n) is 3.61. The molecule has 0 radical (unpaired) electrons. The summed E-state index contributed by atoms with van der Waals surface area (Å²) in [5.41, 5.74) is 2.97. The number of fused-ring (bicyclic) bond motifs is 1. The van der Waals surface area contributed by atoms with Crippen LogP contribution in [0.5, 0.6) is 0 Å².